The van der Waals surface area contributed by atoms with Crippen molar-refractivity contribution in [1.29, 1.82) is 0 Å². The fourth-order valence-electron chi connectivity index (χ4n) is 24.4. The van der Waals surface area contributed by atoms with E-state index in [9.17, 15) is 0 Å². The van der Waals surface area contributed by atoms with E-state index in [1.807, 2.05) is 0 Å². The molecule has 29 aromatic carbocycles. The van der Waals surface area contributed by atoms with Crippen LogP contribution in [0.25, 0.3) is 291 Å². The summed E-state index contributed by atoms with van der Waals surface area (Å²) in [5, 5.41) is 90.0. The van der Waals surface area contributed by atoms with Crippen LogP contribution in [0, 0.1) is 0 Å². The zero-order chi connectivity index (χ0) is 39.5. The molecule has 0 unspecified atom stereocenters. The van der Waals surface area contributed by atoms with Crippen LogP contribution < -0.4 is 0 Å². The number of rotatable bonds is 1. The van der Waals surface area contributed by atoms with Crippen LogP contribution in [-0.4, -0.2) is 0 Å². The molecule has 0 heterocycles. The molecule has 33 rings (SSSR count). The van der Waals surface area contributed by atoms with Gasteiger partial charge in [0.15, 0.2) is 0 Å². The molecule has 0 radical (unpaired) electrons. The fourth-order valence-corrected chi connectivity index (χ4v) is 24.5. The summed E-state index contributed by atoms with van der Waals surface area (Å²) in [6.45, 7) is 0. The van der Waals surface area contributed by atoms with Crippen LogP contribution in [0.3, 0.4) is 0 Å². The molecule has 0 saturated carbocycles. The molecule has 29 aromatic rings. The molecule has 1 heteroatoms. The lowest BCUT2D eigenvalue weighted by Gasteiger charge is -2.46. The molecule has 4 aliphatic carbocycles. The van der Waals surface area contributed by atoms with Crippen molar-refractivity contribution < 1.29 is 0 Å². The van der Waals surface area contributed by atoms with E-state index in [0.29, 0.717) is 0 Å². The first-order valence-corrected chi connectivity index (χ1v) is 25.3. The normalized spacial score (nSPS) is 21.1. The third kappa shape index (κ3) is 1.30. The first-order chi connectivity index (χ1) is 33.4. The van der Waals surface area contributed by atoms with Crippen LogP contribution in [0.15, 0.2) is 24.3 Å². The predicted molar refractivity (Wildman–Crippen MR) is 285 cm³/mol. The van der Waals surface area contributed by atoms with E-state index in [1.165, 1.54) is 5.56 Å². The quantitative estimate of drug-likeness (QED) is 0.145. The zero-order valence-electron chi connectivity index (χ0n) is 33.8. The van der Waals surface area contributed by atoms with E-state index in [4.69, 9.17) is 11.6 Å². The second-order valence-electron chi connectivity index (χ2n) is 24.6. The van der Waals surface area contributed by atoms with Crippen LogP contribution in [-0.2, 0) is 5.41 Å². The van der Waals surface area contributed by atoms with Crippen molar-refractivity contribution in [2.24, 2.45) is 0 Å². The highest BCUT2D eigenvalue weighted by Gasteiger charge is 2.63. The Hall–Kier alpha value is -8.03. The van der Waals surface area contributed by atoms with E-state index >= 15 is 0 Å². The van der Waals surface area contributed by atoms with E-state index in [2.05, 4.69) is 24.3 Å². The summed E-state index contributed by atoms with van der Waals surface area (Å²) in [6.07, 6.45) is 0. The Labute approximate surface area is 368 Å². The van der Waals surface area contributed by atoms with Crippen LogP contribution in [0.2, 0.25) is 5.02 Å². The van der Waals surface area contributed by atoms with E-state index in [-0.39, 0.29) is 11.3 Å². The molecule has 0 aromatic heterocycles. The second kappa shape index (κ2) is 5.50. The summed E-state index contributed by atoms with van der Waals surface area (Å²) in [4.78, 5) is 0. The van der Waals surface area contributed by atoms with Crippen molar-refractivity contribution in [3.63, 3.8) is 0 Å². The molecule has 4 aliphatic rings. The minimum Gasteiger partial charge on any atom is -0.0843 e. The molecule has 0 aliphatic heterocycles. The smallest absolute Gasteiger partial charge is 0.0586 e. The Balaban J connectivity index is 1.24. The molecule has 276 valence electrons. The van der Waals surface area contributed by atoms with Gasteiger partial charge in [-0.1, -0.05) is 23.7 Å². The molecule has 0 nitrogen and oxygen atoms in total. The van der Waals surface area contributed by atoms with Crippen molar-refractivity contribution in [1.82, 2.24) is 0 Å². The Morgan fingerprint density at radius 2 is 0.373 bits per heavy atom. The van der Waals surface area contributed by atoms with Gasteiger partial charge in [-0.25, -0.2) is 0 Å². The van der Waals surface area contributed by atoms with Crippen molar-refractivity contribution in [3.05, 3.63) is 57.1 Å². The monoisotopic (exact) mass is 832 g/mol. The maximum absolute atomic E-state index is 7.04. The summed E-state index contributed by atoms with van der Waals surface area (Å²) in [7, 11) is 0. The van der Waals surface area contributed by atoms with E-state index in [0.717, 1.165) is 5.02 Å². The van der Waals surface area contributed by atoms with Crippen molar-refractivity contribution in [3.8, 4) is 0 Å². The fraction of sp³-hybridized carbons (Fsp3) is 0.0303. The number of hydrogen-bond acceptors (Lipinski definition) is 0. The summed E-state index contributed by atoms with van der Waals surface area (Å²) in [5.41, 5.74) is 7.91. The lowest BCUT2D eigenvalue weighted by molar-refractivity contribution is 0.567. The molecule has 0 bridgehead atoms. The second-order valence-corrected chi connectivity index (χ2v) is 25.0. The maximum Gasteiger partial charge on any atom is 0.0586 e. The van der Waals surface area contributed by atoms with Gasteiger partial charge < -0.3 is 0 Å². The van der Waals surface area contributed by atoms with E-state index in [1.54, 1.807) is 313 Å². The van der Waals surface area contributed by atoms with Crippen molar-refractivity contribution >= 4 is 302 Å². The maximum atomic E-state index is 7.04. The lowest BCUT2D eigenvalue weighted by Crippen LogP contribution is -2.38. The molecule has 0 saturated heterocycles. The summed E-state index contributed by atoms with van der Waals surface area (Å²) >= 11 is 7.04. The summed E-state index contributed by atoms with van der Waals surface area (Å²) in [5.74, 6) is 0.208. The van der Waals surface area contributed by atoms with Crippen molar-refractivity contribution in [2.45, 2.75) is 11.3 Å². The molecule has 67 heavy (non-hydrogen) atoms. The third-order valence-corrected chi connectivity index (χ3v) is 24.7. The van der Waals surface area contributed by atoms with Gasteiger partial charge in [-0.05, 0) is 331 Å². The van der Waals surface area contributed by atoms with Crippen LogP contribution >= 0.6 is 11.6 Å². The van der Waals surface area contributed by atoms with Crippen LogP contribution in [0.4, 0.5) is 0 Å². The third-order valence-electron chi connectivity index (χ3n) is 24.4. The van der Waals surface area contributed by atoms with Gasteiger partial charge in [0.2, 0.25) is 0 Å². The minimum absolute atomic E-state index is 0.208. The molecule has 0 N–H and O–H groups in total. The van der Waals surface area contributed by atoms with Gasteiger partial charge in [0.1, 0.15) is 0 Å². The molecule has 0 fully saturated rings. The van der Waals surface area contributed by atoms with Gasteiger partial charge in [0.05, 0.1) is 5.41 Å². The standard InChI is InChI=1S/C66H5Cl/c67-6-3-1-5(2-4-6)66-63-59-53-39-31-23-11-8-7-9-12(11)24-26-22-16(9)18-14-10(7)13-17-15(8)21-25(23)37(39)45-43-29(21)27(17)35-33-19(13)20(14)34-36-28(18)30(22)44-46-38(26)40(32(24)31)54(53)60(63)56(46)58-50(44)48(36)52-42(34)41(33)51-47(35)49(43)57(55(45)59)64(66)61(51)62(52)65(58)66/h1-4,63H. The van der Waals surface area contributed by atoms with E-state index < -0.39 is 0 Å². The zero-order valence-corrected chi connectivity index (χ0v) is 34.5. The largest absolute Gasteiger partial charge is 0.0843 e. The average molecular weight is 833 g/mol. The Kier molecular flexibility index (Phi) is 2.01. The summed E-state index contributed by atoms with van der Waals surface area (Å²) < 4.78 is 0. The topological polar surface area (TPSA) is 0 Å². The molecule has 0 amide bonds. The SMILES string of the molecule is Clc1ccc(C23c4c5c6c7c8c9c(c%10c%11c2c2c4c4c%12c5c5c6c6c8c8c%13c9c9c%10c%10c%11c%11c2c2c4c4c%12c%12c5c5c6c8c6c8c%13c9c9c%10c%10c%11c2c2c4c4c%12c5c6c5c8c9c%10c2c45)C73)cc1. The Morgan fingerprint density at radius 3 is 0.597 bits per heavy atom. The van der Waals surface area contributed by atoms with Gasteiger partial charge in [-0.3, -0.25) is 0 Å². The van der Waals surface area contributed by atoms with Gasteiger partial charge in [0.25, 0.3) is 0 Å². The highest BCUT2D eigenvalue weighted by molar-refractivity contribution is 6.82. The highest BCUT2D eigenvalue weighted by Crippen LogP contribution is 2.84. The van der Waals surface area contributed by atoms with Gasteiger partial charge in [0, 0.05) is 10.9 Å². The summed E-state index contributed by atoms with van der Waals surface area (Å²) in [6, 6.07) is 9.52. The van der Waals surface area contributed by atoms with Gasteiger partial charge in [-0.15, -0.1) is 0 Å². The van der Waals surface area contributed by atoms with Crippen molar-refractivity contribution in [2.75, 3.05) is 0 Å². The van der Waals surface area contributed by atoms with Gasteiger partial charge in [-0.2, -0.15) is 0 Å². The first kappa shape index (κ1) is 24.5. The molecular formula is C66H5Cl. The molecule has 0 spiro atoms. The molecular weight excluding hydrogens is 828 g/mol. The van der Waals surface area contributed by atoms with Crippen LogP contribution in [0.5, 0.6) is 0 Å². The number of benzene rings is 19. The average Bonchev–Trinajstić information content (AvgIpc) is 4.19. The number of hydrogen-bond donors (Lipinski definition) is 0. The van der Waals surface area contributed by atoms with Crippen LogP contribution in [0.1, 0.15) is 33.7 Å². The number of halogens is 1. The predicted octanol–water partition coefficient (Wildman–Crippen LogP) is 18.8. The molecule has 0 atom stereocenters. The highest BCUT2D eigenvalue weighted by atomic mass is 35.5. The Bertz CT molecular complexity index is 7020. The Morgan fingerprint density at radius 1 is 0.209 bits per heavy atom. The minimum atomic E-state index is -0.365. The lowest BCUT2D eigenvalue weighted by atomic mass is 9.55. The first-order valence-electron chi connectivity index (χ1n) is 24.9. The van der Waals surface area contributed by atoms with Gasteiger partial charge >= 0.3 is 0 Å².